The van der Waals surface area contributed by atoms with E-state index in [2.05, 4.69) is 10.2 Å². The summed E-state index contributed by atoms with van der Waals surface area (Å²) in [6.45, 7) is 2.70. The Morgan fingerprint density at radius 1 is 1.23 bits per heavy atom. The van der Waals surface area contributed by atoms with E-state index in [4.69, 9.17) is 16.0 Å². The van der Waals surface area contributed by atoms with Crippen LogP contribution in [0.2, 0.25) is 5.02 Å². The van der Waals surface area contributed by atoms with Crippen molar-refractivity contribution in [2.75, 3.05) is 19.6 Å². The molecule has 1 aromatic heterocycles. The fourth-order valence-corrected chi connectivity index (χ4v) is 3.01. The van der Waals surface area contributed by atoms with E-state index in [1.165, 1.54) is 30.9 Å². The summed E-state index contributed by atoms with van der Waals surface area (Å²) in [5.41, 5.74) is 1.73. The topological polar surface area (TPSA) is 45.5 Å². The van der Waals surface area contributed by atoms with Crippen LogP contribution < -0.4 is 5.32 Å². The smallest absolute Gasteiger partial charge is 0.254 e. The van der Waals surface area contributed by atoms with Crippen LogP contribution in [0.15, 0.2) is 47.3 Å². The molecule has 22 heavy (non-hydrogen) atoms. The molecule has 1 aliphatic heterocycles. The van der Waals surface area contributed by atoms with Crippen LogP contribution in [0.4, 0.5) is 0 Å². The molecule has 0 radical (unpaired) electrons. The molecule has 1 amide bonds. The first-order valence-electron chi connectivity index (χ1n) is 7.54. The van der Waals surface area contributed by atoms with Crippen LogP contribution in [-0.4, -0.2) is 30.4 Å². The highest BCUT2D eigenvalue weighted by atomic mass is 35.5. The molecule has 1 fully saturated rings. The molecule has 2 aromatic rings. The van der Waals surface area contributed by atoms with Gasteiger partial charge in [-0.25, -0.2) is 0 Å². The van der Waals surface area contributed by atoms with E-state index in [9.17, 15) is 4.79 Å². The SMILES string of the molecule is O=C(NC[C@H](c1ccc(Cl)cc1)N1CCCC1)c1ccoc1. The fraction of sp³-hybridized carbons (Fsp3) is 0.353. The lowest BCUT2D eigenvalue weighted by Gasteiger charge is -2.28. The summed E-state index contributed by atoms with van der Waals surface area (Å²) in [6.07, 6.45) is 5.38. The number of rotatable bonds is 5. The van der Waals surface area contributed by atoms with Gasteiger partial charge in [0.1, 0.15) is 6.26 Å². The highest BCUT2D eigenvalue weighted by Gasteiger charge is 2.24. The molecule has 116 valence electrons. The second-order valence-electron chi connectivity index (χ2n) is 5.53. The number of carbonyl (C=O) groups excluding carboxylic acids is 1. The number of halogens is 1. The number of carbonyl (C=O) groups is 1. The van der Waals surface area contributed by atoms with Crippen LogP contribution in [0.3, 0.4) is 0 Å². The molecule has 1 aromatic carbocycles. The third-order valence-corrected chi connectivity index (χ3v) is 4.33. The van der Waals surface area contributed by atoms with E-state index in [1.54, 1.807) is 6.07 Å². The minimum atomic E-state index is -0.105. The van der Waals surface area contributed by atoms with E-state index in [0.29, 0.717) is 12.1 Å². The third-order valence-electron chi connectivity index (χ3n) is 4.08. The normalized spacial score (nSPS) is 16.6. The van der Waals surface area contributed by atoms with Gasteiger partial charge in [-0.1, -0.05) is 23.7 Å². The van der Waals surface area contributed by atoms with Gasteiger partial charge >= 0.3 is 0 Å². The van der Waals surface area contributed by atoms with E-state index >= 15 is 0 Å². The summed E-state index contributed by atoms with van der Waals surface area (Å²) < 4.78 is 4.95. The van der Waals surface area contributed by atoms with Gasteiger partial charge < -0.3 is 9.73 Å². The third kappa shape index (κ3) is 3.51. The van der Waals surface area contributed by atoms with Crippen LogP contribution in [0.1, 0.15) is 34.8 Å². The number of nitrogens with zero attached hydrogens (tertiary/aromatic N) is 1. The second kappa shape index (κ2) is 6.99. The summed E-state index contributed by atoms with van der Waals surface area (Å²) in [5, 5.41) is 3.73. The molecule has 0 saturated carbocycles. The Labute approximate surface area is 135 Å². The van der Waals surface area contributed by atoms with Gasteiger partial charge in [-0.2, -0.15) is 0 Å². The Morgan fingerprint density at radius 3 is 2.59 bits per heavy atom. The molecular weight excluding hydrogens is 300 g/mol. The van der Waals surface area contributed by atoms with Crippen molar-refractivity contribution in [1.29, 1.82) is 0 Å². The summed E-state index contributed by atoms with van der Waals surface area (Å²) in [6, 6.07) is 9.72. The molecule has 1 saturated heterocycles. The largest absolute Gasteiger partial charge is 0.472 e. The summed E-state index contributed by atoms with van der Waals surface area (Å²) in [4.78, 5) is 14.5. The van der Waals surface area contributed by atoms with Gasteiger partial charge in [0, 0.05) is 11.6 Å². The number of nitrogens with one attached hydrogen (secondary N) is 1. The zero-order valence-electron chi connectivity index (χ0n) is 12.3. The van der Waals surface area contributed by atoms with Crippen molar-refractivity contribution in [2.24, 2.45) is 0 Å². The number of furan rings is 1. The van der Waals surface area contributed by atoms with Crippen molar-refractivity contribution in [2.45, 2.75) is 18.9 Å². The molecule has 1 N–H and O–H groups in total. The first-order chi connectivity index (χ1) is 10.7. The highest BCUT2D eigenvalue weighted by Crippen LogP contribution is 2.25. The van der Waals surface area contributed by atoms with E-state index in [-0.39, 0.29) is 11.9 Å². The Balaban J connectivity index is 1.71. The van der Waals surface area contributed by atoms with E-state index in [0.717, 1.165) is 18.1 Å². The molecule has 1 atom stereocenters. The predicted octanol–water partition coefficient (Wildman–Crippen LogP) is 3.50. The standard InChI is InChI=1S/C17H19ClN2O2/c18-15-5-3-13(4-6-15)16(20-8-1-2-9-20)11-19-17(21)14-7-10-22-12-14/h3-7,10,12,16H,1-2,8-9,11H2,(H,19,21)/t16-/m1/s1. The maximum atomic E-state index is 12.1. The Hall–Kier alpha value is -1.78. The maximum Gasteiger partial charge on any atom is 0.254 e. The number of amides is 1. The van der Waals surface area contributed by atoms with E-state index < -0.39 is 0 Å². The number of hydrogen-bond donors (Lipinski definition) is 1. The summed E-state index contributed by atoms with van der Waals surface area (Å²) in [5.74, 6) is -0.105. The molecule has 3 rings (SSSR count). The Bertz CT molecular complexity index is 604. The van der Waals surface area contributed by atoms with Gasteiger partial charge in [0.05, 0.1) is 17.9 Å². The maximum absolute atomic E-state index is 12.1. The lowest BCUT2D eigenvalue weighted by Crippen LogP contribution is -2.36. The average Bonchev–Trinajstić information content (AvgIpc) is 3.22. The summed E-state index contributed by atoms with van der Waals surface area (Å²) >= 11 is 5.98. The van der Waals surface area contributed by atoms with Crippen molar-refractivity contribution in [3.05, 3.63) is 59.0 Å². The minimum Gasteiger partial charge on any atom is -0.472 e. The van der Waals surface area contributed by atoms with Crippen LogP contribution in [0.5, 0.6) is 0 Å². The second-order valence-corrected chi connectivity index (χ2v) is 5.97. The van der Waals surface area contributed by atoms with Gasteiger partial charge in [0.25, 0.3) is 5.91 Å². The predicted molar refractivity (Wildman–Crippen MR) is 86.0 cm³/mol. The van der Waals surface area contributed by atoms with Crippen molar-refractivity contribution in [3.8, 4) is 0 Å². The van der Waals surface area contributed by atoms with Gasteiger partial charge in [-0.05, 0) is 49.7 Å². The first kappa shape index (κ1) is 15.1. The lowest BCUT2D eigenvalue weighted by molar-refractivity contribution is 0.0937. The monoisotopic (exact) mass is 318 g/mol. The molecule has 0 spiro atoms. The van der Waals surface area contributed by atoms with Crippen molar-refractivity contribution >= 4 is 17.5 Å². The lowest BCUT2D eigenvalue weighted by atomic mass is 10.1. The fourth-order valence-electron chi connectivity index (χ4n) is 2.88. The van der Waals surface area contributed by atoms with E-state index in [1.807, 2.05) is 24.3 Å². The van der Waals surface area contributed by atoms with Crippen LogP contribution >= 0.6 is 11.6 Å². The van der Waals surface area contributed by atoms with Crippen molar-refractivity contribution in [1.82, 2.24) is 10.2 Å². The van der Waals surface area contributed by atoms with Crippen molar-refractivity contribution < 1.29 is 9.21 Å². The van der Waals surface area contributed by atoms with Gasteiger partial charge in [0.15, 0.2) is 0 Å². The molecule has 0 bridgehead atoms. The Kier molecular flexibility index (Phi) is 4.80. The molecule has 4 nitrogen and oxygen atoms in total. The molecule has 2 heterocycles. The first-order valence-corrected chi connectivity index (χ1v) is 7.92. The average molecular weight is 319 g/mol. The number of hydrogen-bond acceptors (Lipinski definition) is 3. The molecular formula is C17H19ClN2O2. The highest BCUT2D eigenvalue weighted by molar-refractivity contribution is 6.30. The zero-order valence-corrected chi connectivity index (χ0v) is 13.1. The van der Waals surface area contributed by atoms with Gasteiger partial charge in [-0.3, -0.25) is 9.69 Å². The minimum absolute atomic E-state index is 0.105. The van der Waals surface area contributed by atoms with Gasteiger partial charge in [-0.15, -0.1) is 0 Å². The number of benzene rings is 1. The number of likely N-dealkylation sites (tertiary alicyclic amines) is 1. The molecule has 1 aliphatic rings. The van der Waals surface area contributed by atoms with Gasteiger partial charge in [0.2, 0.25) is 0 Å². The summed E-state index contributed by atoms with van der Waals surface area (Å²) in [7, 11) is 0. The quantitative estimate of drug-likeness (QED) is 0.917. The van der Waals surface area contributed by atoms with Crippen LogP contribution in [0, 0.1) is 0 Å². The Morgan fingerprint density at radius 2 is 1.95 bits per heavy atom. The zero-order chi connectivity index (χ0) is 15.4. The molecule has 0 unspecified atom stereocenters. The molecule has 0 aliphatic carbocycles. The van der Waals surface area contributed by atoms with Crippen molar-refractivity contribution in [3.63, 3.8) is 0 Å². The molecule has 5 heteroatoms. The van der Waals surface area contributed by atoms with Crippen LogP contribution in [-0.2, 0) is 0 Å². The van der Waals surface area contributed by atoms with Crippen LogP contribution in [0.25, 0.3) is 0 Å².